The van der Waals surface area contributed by atoms with Gasteiger partial charge in [-0.05, 0) is 44.7 Å². The van der Waals surface area contributed by atoms with Crippen LogP contribution in [0.4, 0.5) is 0 Å². The molecule has 10 heteroatoms. The summed E-state index contributed by atoms with van der Waals surface area (Å²) in [6.07, 6.45) is -0.0237. The van der Waals surface area contributed by atoms with Crippen LogP contribution >= 0.6 is 0 Å². The molecule has 1 fully saturated rings. The van der Waals surface area contributed by atoms with Crippen molar-refractivity contribution in [3.05, 3.63) is 28.8 Å². The van der Waals surface area contributed by atoms with E-state index in [-0.39, 0.29) is 31.1 Å². The van der Waals surface area contributed by atoms with E-state index in [1.807, 2.05) is 19.1 Å². The minimum absolute atomic E-state index is 0.0948. The SMILES string of the molecule is Cc1cc(C)c(S(=O)(=O)N2CCCO[C@H]2CNC(=O)C(=O)NCCCO)c(C)c1. The second-order valence-electron chi connectivity index (χ2n) is 7.07. The highest BCUT2D eigenvalue weighted by molar-refractivity contribution is 7.89. The Bertz CT molecular complexity index is 832. The summed E-state index contributed by atoms with van der Waals surface area (Å²) in [7, 11) is -3.85. The summed E-state index contributed by atoms with van der Waals surface area (Å²) >= 11 is 0. The number of hydrogen-bond acceptors (Lipinski definition) is 6. The number of aryl methyl sites for hydroxylation is 3. The first-order chi connectivity index (χ1) is 13.7. The molecule has 1 heterocycles. The molecular weight excluding hydrogens is 398 g/mol. The van der Waals surface area contributed by atoms with Gasteiger partial charge in [-0.15, -0.1) is 0 Å². The summed E-state index contributed by atoms with van der Waals surface area (Å²) in [6, 6.07) is 3.64. The molecule has 0 radical (unpaired) electrons. The van der Waals surface area contributed by atoms with Crippen LogP contribution in [-0.2, 0) is 24.3 Å². The van der Waals surface area contributed by atoms with E-state index in [2.05, 4.69) is 10.6 Å². The number of carbonyl (C=O) groups excluding carboxylic acids is 2. The van der Waals surface area contributed by atoms with Crippen molar-refractivity contribution >= 4 is 21.8 Å². The lowest BCUT2D eigenvalue weighted by Gasteiger charge is -2.35. The van der Waals surface area contributed by atoms with Crippen molar-refractivity contribution in [1.82, 2.24) is 14.9 Å². The van der Waals surface area contributed by atoms with Gasteiger partial charge in [0.15, 0.2) is 0 Å². The van der Waals surface area contributed by atoms with E-state index < -0.39 is 28.1 Å². The Morgan fingerprint density at radius 3 is 2.41 bits per heavy atom. The van der Waals surface area contributed by atoms with Crippen LogP contribution in [0, 0.1) is 20.8 Å². The third-order valence-electron chi connectivity index (χ3n) is 4.59. The van der Waals surface area contributed by atoms with Crippen LogP contribution in [0.5, 0.6) is 0 Å². The van der Waals surface area contributed by atoms with Crippen molar-refractivity contribution < 1.29 is 27.9 Å². The number of carbonyl (C=O) groups is 2. The van der Waals surface area contributed by atoms with Crippen LogP contribution in [0.25, 0.3) is 0 Å². The zero-order valence-electron chi connectivity index (χ0n) is 17.0. The largest absolute Gasteiger partial charge is 0.396 e. The van der Waals surface area contributed by atoms with Gasteiger partial charge in [0.2, 0.25) is 10.0 Å². The molecule has 29 heavy (non-hydrogen) atoms. The number of amides is 2. The monoisotopic (exact) mass is 427 g/mol. The van der Waals surface area contributed by atoms with E-state index in [0.717, 1.165) is 5.56 Å². The zero-order valence-corrected chi connectivity index (χ0v) is 17.8. The number of hydrogen-bond donors (Lipinski definition) is 3. The maximum atomic E-state index is 13.3. The lowest BCUT2D eigenvalue weighted by atomic mass is 10.1. The Labute approximate surface area is 171 Å². The molecule has 9 nitrogen and oxygen atoms in total. The topological polar surface area (TPSA) is 125 Å². The molecule has 1 aromatic rings. The van der Waals surface area contributed by atoms with Gasteiger partial charge < -0.3 is 20.5 Å². The van der Waals surface area contributed by atoms with Gasteiger partial charge in [0.1, 0.15) is 6.23 Å². The van der Waals surface area contributed by atoms with Crippen molar-refractivity contribution in [3.8, 4) is 0 Å². The molecule has 0 unspecified atom stereocenters. The van der Waals surface area contributed by atoms with E-state index in [1.165, 1.54) is 4.31 Å². The first kappa shape index (κ1) is 23.3. The van der Waals surface area contributed by atoms with Crippen molar-refractivity contribution in [2.75, 3.05) is 32.8 Å². The number of aliphatic hydroxyl groups is 1. The number of sulfonamides is 1. The Kier molecular flexibility index (Phi) is 8.14. The zero-order chi connectivity index (χ0) is 21.6. The van der Waals surface area contributed by atoms with E-state index in [1.54, 1.807) is 13.8 Å². The molecule has 0 bridgehead atoms. The smallest absolute Gasteiger partial charge is 0.309 e. The van der Waals surface area contributed by atoms with Gasteiger partial charge in [0, 0.05) is 19.7 Å². The normalized spacial score (nSPS) is 17.7. The van der Waals surface area contributed by atoms with Crippen LogP contribution in [0.2, 0.25) is 0 Å². The van der Waals surface area contributed by atoms with Crippen LogP contribution in [0.3, 0.4) is 0 Å². The number of rotatable bonds is 7. The number of ether oxygens (including phenoxy) is 1. The quantitative estimate of drug-likeness (QED) is 0.414. The molecular formula is C19H29N3O6S. The molecule has 0 saturated carbocycles. The summed E-state index contributed by atoms with van der Waals surface area (Å²) < 4.78 is 33.5. The summed E-state index contributed by atoms with van der Waals surface area (Å²) in [5.74, 6) is -1.72. The van der Waals surface area contributed by atoms with Crippen LogP contribution in [0.15, 0.2) is 17.0 Å². The van der Waals surface area contributed by atoms with E-state index >= 15 is 0 Å². The van der Waals surface area contributed by atoms with Gasteiger partial charge in [0.25, 0.3) is 0 Å². The summed E-state index contributed by atoms with van der Waals surface area (Å²) in [5.41, 5.74) is 2.28. The maximum absolute atomic E-state index is 13.3. The first-order valence-corrected chi connectivity index (χ1v) is 11.0. The number of benzene rings is 1. The van der Waals surface area contributed by atoms with Crippen molar-refractivity contribution in [2.45, 2.75) is 44.7 Å². The second-order valence-corrected chi connectivity index (χ2v) is 8.89. The number of aliphatic hydroxyl groups excluding tert-OH is 1. The van der Waals surface area contributed by atoms with Crippen molar-refractivity contribution in [3.63, 3.8) is 0 Å². The fraction of sp³-hybridized carbons (Fsp3) is 0.579. The molecule has 2 amide bonds. The molecule has 1 aliphatic heterocycles. The Morgan fingerprint density at radius 2 is 1.79 bits per heavy atom. The molecule has 162 valence electrons. The highest BCUT2D eigenvalue weighted by Crippen LogP contribution is 2.28. The van der Waals surface area contributed by atoms with Gasteiger partial charge in [-0.1, -0.05) is 17.7 Å². The third-order valence-corrected chi connectivity index (χ3v) is 6.78. The van der Waals surface area contributed by atoms with Gasteiger partial charge in [-0.25, -0.2) is 8.42 Å². The average molecular weight is 428 g/mol. The van der Waals surface area contributed by atoms with Crippen LogP contribution in [-0.4, -0.2) is 68.7 Å². The summed E-state index contributed by atoms with van der Waals surface area (Å²) in [4.78, 5) is 23.9. The molecule has 1 aliphatic rings. The molecule has 0 spiro atoms. The average Bonchev–Trinajstić information content (AvgIpc) is 2.65. The Morgan fingerprint density at radius 1 is 1.17 bits per heavy atom. The van der Waals surface area contributed by atoms with Gasteiger partial charge in [0.05, 0.1) is 18.0 Å². The van der Waals surface area contributed by atoms with Crippen LogP contribution < -0.4 is 10.6 Å². The van der Waals surface area contributed by atoms with E-state index in [4.69, 9.17) is 9.84 Å². The van der Waals surface area contributed by atoms with Gasteiger partial charge >= 0.3 is 11.8 Å². The van der Waals surface area contributed by atoms with E-state index in [0.29, 0.717) is 30.6 Å². The van der Waals surface area contributed by atoms with Crippen molar-refractivity contribution in [1.29, 1.82) is 0 Å². The second kappa shape index (κ2) is 10.1. The highest BCUT2D eigenvalue weighted by Gasteiger charge is 2.36. The Balaban J connectivity index is 2.13. The predicted molar refractivity (Wildman–Crippen MR) is 107 cm³/mol. The molecule has 1 aromatic carbocycles. The number of nitrogens with zero attached hydrogens (tertiary/aromatic N) is 1. The molecule has 0 aliphatic carbocycles. The fourth-order valence-corrected chi connectivity index (χ4v) is 5.40. The molecule has 2 rings (SSSR count). The molecule has 1 atom stereocenters. The Hall–Kier alpha value is -2.01. The minimum atomic E-state index is -3.85. The van der Waals surface area contributed by atoms with Gasteiger partial charge in [-0.3, -0.25) is 9.59 Å². The first-order valence-electron chi connectivity index (χ1n) is 9.56. The maximum Gasteiger partial charge on any atom is 0.309 e. The fourth-order valence-electron chi connectivity index (χ4n) is 3.42. The van der Waals surface area contributed by atoms with Crippen molar-refractivity contribution in [2.24, 2.45) is 0 Å². The number of nitrogens with one attached hydrogen (secondary N) is 2. The third kappa shape index (κ3) is 5.75. The lowest BCUT2D eigenvalue weighted by Crippen LogP contribution is -2.53. The molecule has 3 N–H and O–H groups in total. The summed E-state index contributed by atoms with van der Waals surface area (Å²) in [5, 5.41) is 13.5. The van der Waals surface area contributed by atoms with E-state index in [9.17, 15) is 18.0 Å². The van der Waals surface area contributed by atoms with Crippen LogP contribution in [0.1, 0.15) is 29.5 Å². The standard InChI is InChI=1S/C19H29N3O6S/c1-13-10-14(2)17(15(3)11-13)29(26,27)22-7-5-9-28-16(22)12-21-19(25)18(24)20-6-4-8-23/h10-11,16,23H,4-9,12H2,1-3H3,(H,20,24)(H,21,25)/t16-/m0/s1. The molecule has 1 saturated heterocycles. The highest BCUT2D eigenvalue weighted by atomic mass is 32.2. The molecule has 0 aromatic heterocycles. The summed E-state index contributed by atoms with van der Waals surface area (Å²) in [6.45, 7) is 5.98. The predicted octanol–water partition coefficient (Wildman–Crippen LogP) is -0.0362. The lowest BCUT2D eigenvalue weighted by molar-refractivity contribution is -0.140. The minimum Gasteiger partial charge on any atom is -0.396 e. The van der Waals surface area contributed by atoms with Gasteiger partial charge in [-0.2, -0.15) is 4.31 Å².